The maximum Gasteiger partial charge on any atom is 0.0320 e. The summed E-state index contributed by atoms with van der Waals surface area (Å²) in [5.41, 5.74) is 1.45. The molecule has 0 saturated carbocycles. The zero-order valence-electron chi connectivity index (χ0n) is 13.1. The van der Waals surface area contributed by atoms with Gasteiger partial charge in [0.05, 0.1) is 0 Å². The predicted octanol–water partition coefficient (Wildman–Crippen LogP) is 3.85. The Hall–Kier alpha value is -0.860. The largest absolute Gasteiger partial charge is 0.310 e. The van der Waals surface area contributed by atoms with Crippen LogP contribution in [-0.4, -0.2) is 31.1 Å². The number of hydrogen-bond acceptors (Lipinski definition) is 2. The van der Waals surface area contributed by atoms with E-state index in [1.807, 2.05) is 0 Å². The molecule has 0 radical (unpaired) electrons. The van der Waals surface area contributed by atoms with E-state index in [-0.39, 0.29) is 0 Å². The Morgan fingerprint density at radius 1 is 1.25 bits per heavy atom. The van der Waals surface area contributed by atoms with Crippen molar-refractivity contribution in [3.63, 3.8) is 0 Å². The third kappa shape index (κ3) is 4.60. The van der Waals surface area contributed by atoms with Crippen molar-refractivity contribution in [2.45, 2.75) is 45.6 Å². The number of likely N-dealkylation sites (tertiary alicyclic amines) is 1. The average Bonchev–Trinajstić information content (AvgIpc) is 2.96. The van der Waals surface area contributed by atoms with Crippen LogP contribution in [0.1, 0.15) is 51.1 Å². The molecule has 0 spiro atoms. The Labute approximate surface area is 124 Å². The standard InChI is InChI=1S/C18H30N2/c1-3-5-11-18(17-9-7-6-8-10-17)19-14-16-12-13-20(4-2)15-16/h6-10,16,18-19H,3-5,11-15H2,1-2H3. The Kier molecular flexibility index (Phi) is 6.55. The van der Waals surface area contributed by atoms with Crippen LogP contribution in [0.3, 0.4) is 0 Å². The molecule has 0 bridgehead atoms. The van der Waals surface area contributed by atoms with Gasteiger partial charge >= 0.3 is 0 Å². The van der Waals surface area contributed by atoms with Crippen molar-refractivity contribution in [2.75, 3.05) is 26.2 Å². The van der Waals surface area contributed by atoms with Crippen LogP contribution in [0.4, 0.5) is 0 Å². The molecule has 2 rings (SSSR count). The summed E-state index contributed by atoms with van der Waals surface area (Å²) in [7, 11) is 0. The molecule has 2 nitrogen and oxygen atoms in total. The monoisotopic (exact) mass is 274 g/mol. The molecule has 112 valence electrons. The van der Waals surface area contributed by atoms with Gasteiger partial charge in [-0.2, -0.15) is 0 Å². The van der Waals surface area contributed by atoms with Crippen LogP contribution in [0.5, 0.6) is 0 Å². The van der Waals surface area contributed by atoms with E-state index in [2.05, 4.69) is 54.4 Å². The van der Waals surface area contributed by atoms with Crippen molar-refractivity contribution in [1.29, 1.82) is 0 Å². The molecule has 20 heavy (non-hydrogen) atoms. The van der Waals surface area contributed by atoms with Crippen molar-refractivity contribution >= 4 is 0 Å². The lowest BCUT2D eigenvalue weighted by molar-refractivity contribution is 0.333. The zero-order chi connectivity index (χ0) is 14.2. The van der Waals surface area contributed by atoms with E-state index in [9.17, 15) is 0 Å². The number of nitrogens with zero attached hydrogens (tertiary/aromatic N) is 1. The molecule has 1 aliphatic heterocycles. The van der Waals surface area contributed by atoms with E-state index in [1.54, 1.807) is 0 Å². The first-order chi connectivity index (χ1) is 9.83. The van der Waals surface area contributed by atoms with Crippen molar-refractivity contribution in [1.82, 2.24) is 10.2 Å². The van der Waals surface area contributed by atoms with Crippen LogP contribution in [-0.2, 0) is 0 Å². The Morgan fingerprint density at radius 2 is 2.05 bits per heavy atom. The smallest absolute Gasteiger partial charge is 0.0320 e. The molecule has 1 saturated heterocycles. The summed E-state index contributed by atoms with van der Waals surface area (Å²) in [6, 6.07) is 11.5. The first-order valence-corrected chi connectivity index (χ1v) is 8.34. The molecule has 2 unspecified atom stereocenters. The Balaban J connectivity index is 1.85. The second kappa shape index (κ2) is 8.43. The minimum absolute atomic E-state index is 0.534. The fourth-order valence-electron chi connectivity index (χ4n) is 3.16. The highest BCUT2D eigenvalue weighted by Crippen LogP contribution is 2.21. The van der Waals surface area contributed by atoms with E-state index < -0.39 is 0 Å². The van der Waals surface area contributed by atoms with E-state index in [4.69, 9.17) is 0 Å². The average molecular weight is 274 g/mol. The molecule has 2 atom stereocenters. The van der Waals surface area contributed by atoms with Gasteiger partial charge in [0.1, 0.15) is 0 Å². The molecule has 2 heteroatoms. The van der Waals surface area contributed by atoms with Crippen molar-refractivity contribution in [3.8, 4) is 0 Å². The molecular formula is C18H30N2. The SMILES string of the molecule is CCCCC(NCC1CCN(CC)C1)c1ccccc1. The second-order valence-corrected chi connectivity index (χ2v) is 6.06. The minimum Gasteiger partial charge on any atom is -0.310 e. The van der Waals surface area contributed by atoms with Crippen LogP contribution >= 0.6 is 0 Å². The summed E-state index contributed by atoms with van der Waals surface area (Å²) < 4.78 is 0. The van der Waals surface area contributed by atoms with Gasteiger partial charge in [-0.3, -0.25) is 0 Å². The number of benzene rings is 1. The van der Waals surface area contributed by atoms with Gasteiger partial charge in [0.15, 0.2) is 0 Å². The maximum atomic E-state index is 3.83. The van der Waals surface area contributed by atoms with E-state index in [1.165, 1.54) is 57.4 Å². The molecule has 1 aliphatic rings. The van der Waals surface area contributed by atoms with Crippen LogP contribution in [0.2, 0.25) is 0 Å². The lowest BCUT2D eigenvalue weighted by atomic mass is 10.00. The number of hydrogen-bond donors (Lipinski definition) is 1. The van der Waals surface area contributed by atoms with Gasteiger partial charge in [0.25, 0.3) is 0 Å². The van der Waals surface area contributed by atoms with Gasteiger partial charge < -0.3 is 10.2 Å². The number of unbranched alkanes of at least 4 members (excludes halogenated alkanes) is 1. The highest BCUT2D eigenvalue weighted by molar-refractivity contribution is 5.18. The van der Waals surface area contributed by atoms with Crippen LogP contribution < -0.4 is 5.32 Å². The van der Waals surface area contributed by atoms with E-state index in [0.717, 1.165) is 5.92 Å². The molecule has 1 N–H and O–H groups in total. The molecule has 1 heterocycles. The van der Waals surface area contributed by atoms with Crippen LogP contribution in [0.15, 0.2) is 30.3 Å². The first-order valence-electron chi connectivity index (χ1n) is 8.34. The Bertz CT molecular complexity index is 363. The van der Waals surface area contributed by atoms with E-state index >= 15 is 0 Å². The second-order valence-electron chi connectivity index (χ2n) is 6.06. The molecule has 0 aliphatic carbocycles. The molecule has 0 aromatic heterocycles. The highest BCUT2D eigenvalue weighted by atomic mass is 15.1. The quantitative estimate of drug-likeness (QED) is 0.774. The first kappa shape index (κ1) is 15.5. The summed E-state index contributed by atoms with van der Waals surface area (Å²) in [5, 5.41) is 3.83. The maximum absolute atomic E-state index is 3.83. The predicted molar refractivity (Wildman–Crippen MR) is 86.9 cm³/mol. The molecule has 0 amide bonds. The van der Waals surface area contributed by atoms with Crippen LogP contribution in [0, 0.1) is 5.92 Å². The third-order valence-electron chi connectivity index (χ3n) is 4.52. The topological polar surface area (TPSA) is 15.3 Å². The summed E-state index contributed by atoms with van der Waals surface area (Å²) in [6.07, 6.45) is 5.19. The van der Waals surface area contributed by atoms with Gasteiger partial charge in [0.2, 0.25) is 0 Å². The van der Waals surface area contributed by atoms with Crippen molar-refractivity contribution in [2.24, 2.45) is 5.92 Å². The lowest BCUT2D eigenvalue weighted by Gasteiger charge is -2.21. The van der Waals surface area contributed by atoms with Gasteiger partial charge in [-0.15, -0.1) is 0 Å². The van der Waals surface area contributed by atoms with Gasteiger partial charge in [-0.1, -0.05) is 57.0 Å². The van der Waals surface area contributed by atoms with Crippen molar-refractivity contribution < 1.29 is 0 Å². The molecule has 1 fully saturated rings. The summed E-state index contributed by atoms with van der Waals surface area (Å²) in [5.74, 6) is 0.836. The van der Waals surface area contributed by atoms with Crippen LogP contribution in [0.25, 0.3) is 0 Å². The number of nitrogens with one attached hydrogen (secondary N) is 1. The van der Waals surface area contributed by atoms with Gasteiger partial charge in [-0.25, -0.2) is 0 Å². The molecule has 1 aromatic carbocycles. The van der Waals surface area contributed by atoms with Crippen molar-refractivity contribution in [3.05, 3.63) is 35.9 Å². The fraction of sp³-hybridized carbons (Fsp3) is 0.667. The highest BCUT2D eigenvalue weighted by Gasteiger charge is 2.22. The van der Waals surface area contributed by atoms with Gasteiger partial charge in [0, 0.05) is 12.6 Å². The summed E-state index contributed by atoms with van der Waals surface area (Å²) >= 11 is 0. The number of rotatable bonds is 8. The summed E-state index contributed by atoms with van der Waals surface area (Å²) in [4.78, 5) is 2.57. The zero-order valence-corrected chi connectivity index (χ0v) is 13.1. The normalized spacial score (nSPS) is 21.2. The Morgan fingerprint density at radius 3 is 2.70 bits per heavy atom. The van der Waals surface area contributed by atoms with Gasteiger partial charge in [-0.05, 0) is 44.0 Å². The molecule has 1 aromatic rings. The summed E-state index contributed by atoms with van der Waals surface area (Å²) in [6.45, 7) is 9.48. The molecular weight excluding hydrogens is 244 g/mol. The third-order valence-corrected chi connectivity index (χ3v) is 4.52. The van der Waals surface area contributed by atoms with E-state index in [0.29, 0.717) is 6.04 Å². The fourth-order valence-corrected chi connectivity index (χ4v) is 3.16. The lowest BCUT2D eigenvalue weighted by Crippen LogP contribution is -2.29. The minimum atomic E-state index is 0.534.